The number of ether oxygens (including phenoxy) is 3. The third kappa shape index (κ3) is 4.85. The summed E-state index contributed by atoms with van der Waals surface area (Å²) in [4.78, 5) is 0. The van der Waals surface area contributed by atoms with E-state index in [1.807, 2.05) is 30.3 Å². The van der Waals surface area contributed by atoms with E-state index in [-0.39, 0.29) is 19.1 Å². The molecule has 0 spiro atoms. The summed E-state index contributed by atoms with van der Waals surface area (Å²) in [6.45, 7) is 3.28. The average Bonchev–Trinajstić information content (AvgIpc) is 3.26. The van der Waals surface area contributed by atoms with Crippen LogP contribution in [0.3, 0.4) is 0 Å². The lowest BCUT2D eigenvalue weighted by Gasteiger charge is -2.37. The quantitative estimate of drug-likeness (QED) is 0.672. The van der Waals surface area contributed by atoms with E-state index in [9.17, 15) is 15.3 Å². The zero-order valence-electron chi connectivity index (χ0n) is 17.2. The van der Waals surface area contributed by atoms with Crippen LogP contribution in [-0.4, -0.2) is 59.6 Å². The molecule has 0 saturated carbocycles. The maximum absolute atomic E-state index is 10.4. The molecule has 2 fully saturated rings. The summed E-state index contributed by atoms with van der Waals surface area (Å²) in [5.41, 5.74) is 4.23. The summed E-state index contributed by atoms with van der Waals surface area (Å²) in [5, 5.41) is 30.0. The Labute approximate surface area is 177 Å². The van der Waals surface area contributed by atoms with Gasteiger partial charge >= 0.3 is 0 Å². The van der Waals surface area contributed by atoms with Crippen LogP contribution in [0.25, 0.3) is 0 Å². The van der Waals surface area contributed by atoms with Crippen LogP contribution in [0.5, 0.6) is 5.75 Å². The van der Waals surface area contributed by atoms with Crippen molar-refractivity contribution in [2.75, 3.05) is 19.8 Å². The van der Waals surface area contributed by atoms with Crippen molar-refractivity contribution in [3.8, 4) is 5.75 Å². The lowest BCUT2D eigenvalue weighted by molar-refractivity contribution is -0.179. The van der Waals surface area contributed by atoms with Crippen LogP contribution in [0, 0.1) is 6.92 Å². The predicted molar refractivity (Wildman–Crippen MR) is 112 cm³/mol. The number of aliphatic hydroxyl groups excluding tert-OH is 3. The highest BCUT2D eigenvalue weighted by molar-refractivity contribution is 5.38. The van der Waals surface area contributed by atoms with Crippen molar-refractivity contribution in [3.05, 3.63) is 64.7 Å². The fourth-order valence-electron chi connectivity index (χ4n) is 4.11. The third-order valence-corrected chi connectivity index (χ3v) is 5.96. The standard InChI is InChI=1S/C24H30O6/c1-15-2-5-17(24-23(27)22(26)12-21(13-25)30-24)11-18(15)10-16-3-6-19(7-4-16)29-20-8-9-28-14-20/h2-7,11,20-27H,8-10,12-14H2,1H3/t20?,21-,22?,23+,24-/m0/s1. The van der Waals surface area contributed by atoms with E-state index in [0.29, 0.717) is 6.61 Å². The smallest absolute Gasteiger partial charge is 0.124 e. The lowest BCUT2D eigenvalue weighted by Crippen LogP contribution is -2.44. The molecule has 5 atom stereocenters. The second-order valence-electron chi connectivity index (χ2n) is 8.27. The number of benzene rings is 2. The highest BCUT2D eigenvalue weighted by Crippen LogP contribution is 2.33. The Bertz CT molecular complexity index is 830. The maximum atomic E-state index is 10.4. The molecule has 6 nitrogen and oxygen atoms in total. The Balaban J connectivity index is 1.48. The van der Waals surface area contributed by atoms with Gasteiger partial charge in [0.05, 0.1) is 32.0 Å². The van der Waals surface area contributed by atoms with Crippen LogP contribution in [0.4, 0.5) is 0 Å². The van der Waals surface area contributed by atoms with Gasteiger partial charge in [-0.2, -0.15) is 0 Å². The minimum absolute atomic E-state index is 0.134. The maximum Gasteiger partial charge on any atom is 0.124 e. The highest BCUT2D eigenvalue weighted by Gasteiger charge is 2.37. The summed E-state index contributed by atoms with van der Waals surface area (Å²) in [5.74, 6) is 0.850. The van der Waals surface area contributed by atoms with E-state index in [4.69, 9.17) is 14.2 Å². The van der Waals surface area contributed by atoms with Crippen molar-refractivity contribution in [1.29, 1.82) is 0 Å². The van der Waals surface area contributed by atoms with E-state index in [0.717, 1.165) is 47.5 Å². The van der Waals surface area contributed by atoms with Crippen LogP contribution in [0.1, 0.15) is 41.2 Å². The Morgan fingerprint density at radius 1 is 1.10 bits per heavy atom. The molecule has 2 aliphatic rings. The third-order valence-electron chi connectivity index (χ3n) is 5.96. The molecular weight excluding hydrogens is 384 g/mol. The largest absolute Gasteiger partial charge is 0.488 e. The van der Waals surface area contributed by atoms with Gasteiger partial charge in [-0.1, -0.05) is 30.3 Å². The molecule has 2 heterocycles. The van der Waals surface area contributed by atoms with Gasteiger partial charge < -0.3 is 29.5 Å². The molecule has 6 heteroatoms. The summed E-state index contributed by atoms with van der Waals surface area (Å²) in [6, 6.07) is 14.1. The molecule has 2 unspecified atom stereocenters. The molecule has 162 valence electrons. The fraction of sp³-hybridized carbons (Fsp3) is 0.500. The minimum atomic E-state index is -1.01. The van der Waals surface area contributed by atoms with Gasteiger partial charge in [0.25, 0.3) is 0 Å². The van der Waals surface area contributed by atoms with Crippen molar-refractivity contribution in [3.63, 3.8) is 0 Å². The molecule has 30 heavy (non-hydrogen) atoms. The molecule has 3 N–H and O–H groups in total. The number of hydrogen-bond donors (Lipinski definition) is 3. The minimum Gasteiger partial charge on any atom is -0.488 e. The van der Waals surface area contributed by atoms with Crippen LogP contribution >= 0.6 is 0 Å². The molecule has 2 aromatic carbocycles. The van der Waals surface area contributed by atoms with Crippen molar-refractivity contribution in [1.82, 2.24) is 0 Å². The van der Waals surface area contributed by atoms with Gasteiger partial charge in [-0.25, -0.2) is 0 Å². The first-order valence-corrected chi connectivity index (χ1v) is 10.6. The molecule has 0 aliphatic carbocycles. The highest BCUT2D eigenvalue weighted by atomic mass is 16.5. The molecule has 0 aromatic heterocycles. The van der Waals surface area contributed by atoms with E-state index >= 15 is 0 Å². The number of hydrogen-bond acceptors (Lipinski definition) is 6. The van der Waals surface area contributed by atoms with Crippen LogP contribution in [-0.2, 0) is 15.9 Å². The van der Waals surface area contributed by atoms with Gasteiger partial charge in [0.2, 0.25) is 0 Å². The Morgan fingerprint density at radius 3 is 2.60 bits per heavy atom. The Kier molecular flexibility index (Phi) is 6.71. The molecule has 2 saturated heterocycles. The topological polar surface area (TPSA) is 88.4 Å². The van der Waals surface area contributed by atoms with Gasteiger partial charge in [-0.05, 0) is 47.7 Å². The van der Waals surface area contributed by atoms with E-state index in [1.54, 1.807) is 0 Å². The molecule has 2 aliphatic heterocycles. The average molecular weight is 414 g/mol. The first kappa shape index (κ1) is 21.3. The zero-order chi connectivity index (χ0) is 21.1. The van der Waals surface area contributed by atoms with E-state index < -0.39 is 24.4 Å². The number of aryl methyl sites for hydroxylation is 1. The predicted octanol–water partition coefficient (Wildman–Crippen LogP) is 2.30. The van der Waals surface area contributed by atoms with Gasteiger partial charge in [0.15, 0.2) is 0 Å². The van der Waals surface area contributed by atoms with Gasteiger partial charge in [0.1, 0.15) is 24.1 Å². The molecule has 0 bridgehead atoms. The zero-order valence-corrected chi connectivity index (χ0v) is 17.2. The summed E-state index contributed by atoms with van der Waals surface area (Å²) in [7, 11) is 0. The van der Waals surface area contributed by atoms with Crippen molar-refractivity contribution in [2.45, 2.75) is 56.7 Å². The first-order valence-electron chi connectivity index (χ1n) is 10.6. The summed E-state index contributed by atoms with van der Waals surface area (Å²) < 4.78 is 17.1. The van der Waals surface area contributed by atoms with E-state index in [2.05, 4.69) is 19.1 Å². The Morgan fingerprint density at radius 2 is 1.90 bits per heavy atom. The lowest BCUT2D eigenvalue weighted by atomic mass is 9.90. The SMILES string of the molecule is Cc1ccc([C@@H]2O[C@H](CO)CC(O)[C@H]2O)cc1Cc1ccc(OC2CCOC2)cc1. The second kappa shape index (κ2) is 9.45. The van der Waals surface area contributed by atoms with Gasteiger partial charge in [0, 0.05) is 12.8 Å². The summed E-state index contributed by atoms with van der Waals surface area (Å²) in [6.07, 6.45) is -1.03. The molecule has 4 rings (SSSR count). The molecular formula is C24H30O6. The van der Waals surface area contributed by atoms with Crippen LogP contribution in [0.2, 0.25) is 0 Å². The summed E-state index contributed by atoms with van der Waals surface area (Å²) >= 11 is 0. The molecule has 0 amide bonds. The molecule has 0 radical (unpaired) electrons. The number of rotatable bonds is 6. The van der Waals surface area contributed by atoms with Crippen molar-refractivity contribution < 1.29 is 29.5 Å². The van der Waals surface area contributed by atoms with Crippen molar-refractivity contribution >= 4 is 0 Å². The van der Waals surface area contributed by atoms with Crippen LogP contribution < -0.4 is 4.74 Å². The second-order valence-corrected chi connectivity index (χ2v) is 8.27. The monoisotopic (exact) mass is 414 g/mol. The normalized spacial score (nSPS) is 29.1. The van der Waals surface area contributed by atoms with Crippen LogP contribution in [0.15, 0.2) is 42.5 Å². The van der Waals surface area contributed by atoms with E-state index in [1.165, 1.54) is 0 Å². The van der Waals surface area contributed by atoms with Gasteiger partial charge in [-0.3, -0.25) is 0 Å². The first-order chi connectivity index (χ1) is 14.5. The fourth-order valence-corrected chi connectivity index (χ4v) is 4.11. The molecule has 2 aromatic rings. The van der Waals surface area contributed by atoms with Crippen molar-refractivity contribution in [2.24, 2.45) is 0 Å². The Hall–Kier alpha value is -1.96. The van der Waals surface area contributed by atoms with Gasteiger partial charge in [-0.15, -0.1) is 0 Å². The number of aliphatic hydroxyl groups is 3.